The molecule has 0 spiro atoms. The Balaban J connectivity index is 1.47. The molecule has 0 atom stereocenters. The van der Waals surface area contributed by atoms with Gasteiger partial charge in [-0.05, 0) is 59.7 Å². The fourth-order valence-corrected chi connectivity index (χ4v) is 4.21. The minimum atomic E-state index is -4.77. The number of imidazole rings is 1. The normalized spacial score (nSPS) is 11.4. The maximum atomic E-state index is 12.6. The molecule has 192 valence electrons. The number of para-hydroxylation sites is 3. The summed E-state index contributed by atoms with van der Waals surface area (Å²) in [6.07, 6.45) is -4.77. The van der Waals surface area contributed by atoms with Crippen LogP contribution in [0.2, 0.25) is 0 Å². The number of fused-ring (bicyclic) bond motifs is 1. The van der Waals surface area contributed by atoms with Crippen LogP contribution in [0.4, 0.5) is 13.2 Å². The highest BCUT2D eigenvalue weighted by molar-refractivity contribution is 5.90. The molecule has 6 nitrogen and oxygen atoms in total. The molecule has 0 aliphatic carbocycles. The van der Waals surface area contributed by atoms with Crippen LogP contribution in [0.3, 0.4) is 0 Å². The van der Waals surface area contributed by atoms with E-state index in [0.717, 1.165) is 22.2 Å². The van der Waals surface area contributed by atoms with Crippen molar-refractivity contribution in [2.45, 2.75) is 19.5 Å². The number of carboxylic acid groups (broad SMARTS) is 1. The fourth-order valence-electron chi connectivity index (χ4n) is 4.21. The molecular weight excluding hydrogens is 497 g/mol. The van der Waals surface area contributed by atoms with Crippen molar-refractivity contribution in [2.24, 2.45) is 0 Å². The molecule has 5 rings (SSSR count). The van der Waals surface area contributed by atoms with Gasteiger partial charge in [0.15, 0.2) is 0 Å². The van der Waals surface area contributed by atoms with E-state index in [1.807, 2.05) is 53.1 Å². The first-order valence-electron chi connectivity index (χ1n) is 11.6. The standard InChI is InChI=1S/C29H21F3N2O4/c30-29(31,32)38-22-15-13-19(14-16-22)27-33-24-10-4-5-11-25(24)34(27)17-20-7-1-2-8-21(20)18-37-26-12-6-3-9-23(26)28(35)36/h1-16H,17-18H2,(H,35,36). The van der Waals surface area contributed by atoms with E-state index in [-0.39, 0.29) is 23.7 Å². The fraction of sp³-hybridized carbons (Fsp3) is 0.103. The quantitative estimate of drug-likeness (QED) is 0.241. The van der Waals surface area contributed by atoms with Crippen molar-refractivity contribution in [2.75, 3.05) is 0 Å². The maximum Gasteiger partial charge on any atom is 0.573 e. The van der Waals surface area contributed by atoms with Gasteiger partial charge < -0.3 is 19.1 Å². The van der Waals surface area contributed by atoms with Gasteiger partial charge in [-0.15, -0.1) is 13.2 Å². The molecule has 4 aromatic carbocycles. The zero-order chi connectivity index (χ0) is 26.7. The van der Waals surface area contributed by atoms with E-state index in [4.69, 9.17) is 9.72 Å². The number of nitrogens with zero attached hydrogens (tertiary/aromatic N) is 2. The number of halogens is 3. The maximum absolute atomic E-state index is 12.6. The molecule has 0 saturated heterocycles. The average Bonchev–Trinajstić information content (AvgIpc) is 3.26. The Morgan fingerprint density at radius 3 is 2.24 bits per heavy atom. The molecule has 0 fully saturated rings. The zero-order valence-electron chi connectivity index (χ0n) is 19.9. The predicted molar refractivity (Wildman–Crippen MR) is 135 cm³/mol. The molecule has 0 aliphatic heterocycles. The second-order valence-corrected chi connectivity index (χ2v) is 8.44. The van der Waals surface area contributed by atoms with Crippen molar-refractivity contribution in [1.29, 1.82) is 0 Å². The number of aromatic carboxylic acids is 1. The van der Waals surface area contributed by atoms with Crippen LogP contribution in [-0.4, -0.2) is 27.0 Å². The lowest BCUT2D eigenvalue weighted by atomic mass is 10.1. The number of ether oxygens (including phenoxy) is 2. The zero-order valence-corrected chi connectivity index (χ0v) is 19.9. The van der Waals surface area contributed by atoms with Crippen LogP contribution in [0.15, 0.2) is 97.1 Å². The Morgan fingerprint density at radius 2 is 1.50 bits per heavy atom. The smallest absolute Gasteiger partial charge is 0.488 e. The van der Waals surface area contributed by atoms with Crippen LogP contribution in [0.5, 0.6) is 11.5 Å². The van der Waals surface area contributed by atoms with E-state index >= 15 is 0 Å². The number of benzene rings is 4. The van der Waals surface area contributed by atoms with Crippen LogP contribution in [0.1, 0.15) is 21.5 Å². The number of hydrogen-bond acceptors (Lipinski definition) is 4. The molecule has 0 saturated carbocycles. The SMILES string of the molecule is O=C(O)c1ccccc1OCc1ccccc1Cn1c(-c2ccc(OC(F)(F)F)cc2)nc2ccccc21. The number of carboxylic acids is 1. The molecule has 1 aromatic heterocycles. The Bertz CT molecular complexity index is 1590. The second kappa shape index (κ2) is 10.3. The summed E-state index contributed by atoms with van der Waals surface area (Å²) in [6.45, 7) is 0.544. The first-order valence-corrected chi connectivity index (χ1v) is 11.6. The van der Waals surface area contributed by atoms with Gasteiger partial charge in [-0.2, -0.15) is 0 Å². The van der Waals surface area contributed by atoms with Crippen molar-refractivity contribution < 1.29 is 32.5 Å². The number of carbonyl (C=O) groups is 1. The highest BCUT2D eigenvalue weighted by Crippen LogP contribution is 2.30. The Hall–Kier alpha value is -4.79. The Kier molecular flexibility index (Phi) is 6.74. The number of aromatic nitrogens is 2. The lowest BCUT2D eigenvalue weighted by Crippen LogP contribution is -2.17. The molecule has 0 bridgehead atoms. The first kappa shape index (κ1) is 24.9. The first-order chi connectivity index (χ1) is 18.3. The van der Waals surface area contributed by atoms with Crippen LogP contribution in [0, 0.1) is 0 Å². The molecule has 5 aromatic rings. The van der Waals surface area contributed by atoms with Crippen molar-refractivity contribution in [3.05, 3.63) is 114 Å². The van der Waals surface area contributed by atoms with Crippen LogP contribution >= 0.6 is 0 Å². The largest absolute Gasteiger partial charge is 0.573 e. The minimum Gasteiger partial charge on any atom is -0.488 e. The third-order valence-corrected chi connectivity index (χ3v) is 5.95. The topological polar surface area (TPSA) is 73.6 Å². The van der Waals surface area contributed by atoms with Gasteiger partial charge in [-0.3, -0.25) is 0 Å². The van der Waals surface area contributed by atoms with E-state index in [9.17, 15) is 23.1 Å². The third kappa shape index (κ3) is 5.46. The molecule has 0 unspecified atom stereocenters. The Labute approximate surface area is 215 Å². The lowest BCUT2D eigenvalue weighted by molar-refractivity contribution is -0.274. The summed E-state index contributed by atoms with van der Waals surface area (Å²) in [5.41, 5.74) is 4.06. The number of hydrogen-bond donors (Lipinski definition) is 1. The predicted octanol–water partition coefficient (Wildman–Crippen LogP) is 6.93. The summed E-state index contributed by atoms with van der Waals surface area (Å²) in [6, 6.07) is 27.2. The summed E-state index contributed by atoms with van der Waals surface area (Å²) in [5.74, 6) is -0.537. The van der Waals surface area contributed by atoms with Gasteiger partial charge in [-0.25, -0.2) is 9.78 Å². The lowest BCUT2D eigenvalue weighted by Gasteiger charge is -2.15. The highest BCUT2D eigenvalue weighted by Gasteiger charge is 2.31. The van der Waals surface area contributed by atoms with Crippen molar-refractivity contribution >= 4 is 17.0 Å². The summed E-state index contributed by atoms with van der Waals surface area (Å²) in [5, 5.41) is 9.45. The summed E-state index contributed by atoms with van der Waals surface area (Å²) >= 11 is 0. The highest BCUT2D eigenvalue weighted by atomic mass is 19.4. The van der Waals surface area contributed by atoms with Gasteiger partial charge in [0.1, 0.15) is 29.5 Å². The second-order valence-electron chi connectivity index (χ2n) is 8.44. The molecule has 38 heavy (non-hydrogen) atoms. The van der Waals surface area contributed by atoms with Gasteiger partial charge in [0.25, 0.3) is 0 Å². The van der Waals surface area contributed by atoms with Crippen LogP contribution in [-0.2, 0) is 13.2 Å². The molecule has 1 N–H and O–H groups in total. The minimum absolute atomic E-state index is 0.0748. The molecule has 0 amide bonds. The number of rotatable bonds is 8. The van der Waals surface area contributed by atoms with Gasteiger partial charge in [-0.1, -0.05) is 48.5 Å². The van der Waals surface area contributed by atoms with E-state index in [2.05, 4.69) is 4.74 Å². The van der Waals surface area contributed by atoms with E-state index in [1.165, 1.54) is 30.3 Å². The number of alkyl halides is 3. The van der Waals surface area contributed by atoms with Crippen LogP contribution in [0.25, 0.3) is 22.4 Å². The molecule has 9 heteroatoms. The molecular formula is C29H21F3N2O4. The van der Waals surface area contributed by atoms with E-state index in [0.29, 0.717) is 17.9 Å². The van der Waals surface area contributed by atoms with Gasteiger partial charge in [0, 0.05) is 5.56 Å². The molecule has 0 radical (unpaired) electrons. The average molecular weight is 518 g/mol. The van der Waals surface area contributed by atoms with Crippen molar-refractivity contribution in [1.82, 2.24) is 9.55 Å². The van der Waals surface area contributed by atoms with E-state index in [1.54, 1.807) is 18.2 Å². The van der Waals surface area contributed by atoms with Gasteiger partial charge in [0.05, 0.1) is 17.6 Å². The monoisotopic (exact) mass is 518 g/mol. The third-order valence-electron chi connectivity index (χ3n) is 5.95. The van der Waals surface area contributed by atoms with Crippen LogP contribution < -0.4 is 9.47 Å². The summed E-state index contributed by atoms with van der Waals surface area (Å²) < 4.78 is 49.7. The van der Waals surface area contributed by atoms with Gasteiger partial charge >= 0.3 is 12.3 Å². The molecule has 1 heterocycles. The molecule has 0 aliphatic rings. The van der Waals surface area contributed by atoms with Crippen molar-refractivity contribution in [3.63, 3.8) is 0 Å². The van der Waals surface area contributed by atoms with E-state index < -0.39 is 12.3 Å². The van der Waals surface area contributed by atoms with Gasteiger partial charge in [0.2, 0.25) is 0 Å². The summed E-state index contributed by atoms with van der Waals surface area (Å²) in [4.78, 5) is 16.3. The summed E-state index contributed by atoms with van der Waals surface area (Å²) in [7, 11) is 0. The Morgan fingerprint density at radius 1 is 0.842 bits per heavy atom. The van der Waals surface area contributed by atoms with Crippen molar-refractivity contribution in [3.8, 4) is 22.9 Å².